The SMILES string of the molecule is NNc1ccc(C(C(F)(F)F)C(F)(F)F)cc1. The zero-order valence-corrected chi connectivity index (χ0v) is 8.23. The average Bonchev–Trinajstić information content (AvgIpc) is 2.14. The van der Waals surface area contributed by atoms with Crippen molar-refractivity contribution in [2.45, 2.75) is 18.3 Å². The highest BCUT2D eigenvalue weighted by molar-refractivity contribution is 5.44. The van der Waals surface area contributed by atoms with Crippen LogP contribution in [0.2, 0.25) is 0 Å². The van der Waals surface area contributed by atoms with Gasteiger partial charge in [0.2, 0.25) is 0 Å². The number of benzene rings is 1. The number of hydrogen-bond donors (Lipinski definition) is 2. The van der Waals surface area contributed by atoms with Crippen LogP contribution in [0.1, 0.15) is 11.5 Å². The maximum absolute atomic E-state index is 12.3. The second-order valence-corrected chi connectivity index (χ2v) is 3.28. The maximum atomic E-state index is 12.3. The van der Waals surface area contributed by atoms with Gasteiger partial charge in [0.15, 0.2) is 5.92 Å². The minimum Gasteiger partial charge on any atom is -0.324 e. The van der Waals surface area contributed by atoms with Crippen LogP contribution in [-0.2, 0) is 0 Å². The first-order valence-corrected chi connectivity index (χ1v) is 4.36. The molecule has 0 spiro atoms. The van der Waals surface area contributed by atoms with Crippen molar-refractivity contribution >= 4 is 5.69 Å². The van der Waals surface area contributed by atoms with E-state index in [0.29, 0.717) is 0 Å². The molecule has 0 aliphatic rings. The monoisotopic (exact) mass is 258 g/mol. The zero-order chi connectivity index (χ0) is 13.3. The van der Waals surface area contributed by atoms with Gasteiger partial charge >= 0.3 is 12.4 Å². The summed E-state index contributed by atoms with van der Waals surface area (Å²) in [5, 5.41) is 0. The molecule has 1 rings (SSSR count). The highest BCUT2D eigenvalue weighted by Gasteiger charge is 2.57. The van der Waals surface area contributed by atoms with E-state index >= 15 is 0 Å². The van der Waals surface area contributed by atoms with Crippen LogP contribution in [-0.4, -0.2) is 12.4 Å². The van der Waals surface area contributed by atoms with Crippen LogP contribution in [0.15, 0.2) is 24.3 Å². The second-order valence-electron chi connectivity index (χ2n) is 3.28. The van der Waals surface area contributed by atoms with Gasteiger partial charge in [0.1, 0.15) is 0 Å². The quantitative estimate of drug-likeness (QED) is 0.485. The number of nitrogens with two attached hydrogens (primary N) is 1. The Labute approximate surface area is 92.4 Å². The van der Waals surface area contributed by atoms with Crippen molar-refractivity contribution in [3.8, 4) is 0 Å². The number of rotatable bonds is 2. The van der Waals surface area contributed by atoms with Gasteiger partial charge in [-0.25, -0.2) is 0 Å². The number of nitrogens with one attached hydrogen (secondary N) is 1. The van der Waals surface area contributed by atoms with Crippen LogP contribution in [0, 0.1) is 0 Å². The molecule has 1 aromatic rings. The summed E-state index contributed by atoms with van der Waals surface area (Å²) in [6.45, 7) is 0. The predicted molar refractivity (Wildman–Crippen MR) is 49.1 cm³/mol. The van der Waals surface area contributed by atoms with Crippen molar-refractivity contribution in [3.63, 3.8) is 0 Å². The Morgan fingerprint density at radius 1 is 0.882 bits per heavy atom. The molecule has 0 atom stereocenters. The van der Waals surface area contributed by atoms with E-state index in [-0.39, 0.29) is 5.69 Å². The minimum absolute atomic E-state index is 0.219. The molecule has 0 amide bonds. The van der Waals surface area contributed by atoms with E-state index in [0.717, 1.165) is 24.3 Å². The van der Waals surface area contributed by atoms with E-state index in [1.54, 1.807) is 0 Å². The van der Waals surface area contributed by atoms with E-state index in [9.17, 15) is 26.3 Å². The first-order chi connectivity index (χ1) is 7.66. The molecule has 0 saturated heterocycles. The molecule has 0 heterocycles. The highest BCUT2D eigenvalue weighted by atomic mass is 19.4. The number of hydrazine groups is 1. The average molecular weight is 258 g/mol. The fraction of sp³-hybridized carbons (Fsp3) is 0.333. The minimum atomic E-state index is -5.38. The Morgan fingerprint density at radius 2 is 1.29 bits per heavy atom. The molecule has 0 bridgehead atoms. The largest absolute Gasteiger partial charge is 0.404 e. The molecule has 2 nitrogen and oxygen atoms in total. The Hall–Kier alpha value is -1.44. The van der Waals surface area contributed by atoms with Gasteiger partial charge in [-0.1, -0.05) is 12.1 Å². The molecule has 17 heavy (non-hydrogen) atoms. The lowest BCUT2D eigenvalue weighted by molar-refractivity contribution is -0.253. The van der Waals surface area contributed by atoms with Gasteiger partial charge in [-0.3, -0.25) is 5.84 Å². The third kappa shape index (κ3) is 3.26. The topological polar surface area (TPSA) is 38.0 Å². The molecule has 0 aliphatic heterocycles. The Bertz CT molecular complexity index is 353. The summed E-state index contributed by atoms with van der Waals surface area (Å²) in [6, 6.07) is 3.56. The summed E-state index contributed by atoms with van der Waals surface area (Å²) in [6.07, 6.45) is -10.8. The Morgan fingerprint density at radius 3 is 1.59 bits per heavy atom. The standard InChI is InChI=1S/C9H8F6N2/c10-8(11,12)7(9(13,14)15)5-1-3-6(17-16)4-2-5/h1-4,7,17H,16H2. The molecule has 0 fully saturated rings. The molecule has 0 unspecified atom stereocenters. The summed E-state index contributed by atoms with van der Waals surface area (Å²) in [7, 11) is 0. The third-order valence-electron chi connectivity index (χ3n) is 2.07. The molecule has 3 N–H and O–H groups in total. The van der Waals surface area contributed by atoms with Crippen LogP contribution in [0.25, 0.3) is 0 Å². The zero-order valence-electron chi connectivity index (χ0n) is 8.23. The third-order valence-corrected chi connectivity index (χ3v) is 2.07. The molecule has 0 aliphatic carbocycles. The summed E-state index contributed by atoms with van der Waals surface area (Å²) >= 11 is 0. The van der Waals surface area contributed by atoms with Gasteiger partial charge in [-0.05, 0) is 17.7 Å². The van der Waals surface area contributed by atoms with E-state index < -0.39 is 23.8 Å². The lowest BCUT2D eigenvalue weighted by Gasteiger charge is -2.23. The summed E-state index contributed by atoms with van der Waals surface area (Å²) in [5.41, 5.74) is 1.46. The molecule has 0 saturated carbocycles. The van der Waals surface area contributed by atoms with Crippen LogP contribution in [0.3, 0.4) is 0 Å². The van der Waals surface area contributed by atoms with E-state index in [2.05, 4.69) is 5.43 Å². The number of halogens is 6. The summed E-state index contributed by atoms with van der Waals surface area (Å²) in [4.78, 5) is 0. The van der Waals surface area contributed by atoms with Crippen molar-refractivity contribution in [1.29, 1.82) is 0 Å². The number of alkyl halides is 6. The van der Waals surface area contributed by atoms with Crippen molar-refractivity contribution in [3.05, 3.63) is 29.8 Å². The van der Waals surface area contributed by atoms with Gasteiger partial charge in [-0.2, -0.15) is 26.3 Å². The lowest BCUT2D eigenvalue weighted by Crippen LogP contribution is -2.34. The van der Waals surface area contributed by atoms with E-state index in [1.807, 2.05) is 0 Å². The first kappa shape index (κ1) is 13.6. The molecule has 1 aromatic carbocycles. The normalized spacial score (nSPS) is 12.9. The first-order valence-electron chi connectivity index (χ1n) is 4.36. The van der Waals surface area contributed by atoms with Crippen LogP contribution in [0.5, 0.6) is 0 Å². The van der Waals surface area contributed by atoms with Crippen LogP contribution in [0.4, 0.5) is 32.0 Å². The number of nitrogen functional groups attached to an aromatic ring is 1. The fourth-order valence-corrected chi connectivity index (χ4v) is 1.34. The van der Waals surface area contributed by atoms with Crippen LogP contribution >= 0.6 is 0 Å². The van der Waals surface area contributed by atoms with Gasteiger partial charge in [-0.15, -0.1) is 0 Å². The van der Waals surface area contributed by atoms with Crippen molar-refractivity contribution in [2.24, 2.45) is 5.84 Å². The van der Waals surface area contributed by atoms with Crippen molar-refractivity contribution < 1.29 is 26.3 Å². The Balaban J connectivity index is 3.14. The highest BCUT2D eigenvalue weighted by Crippen LogP contribution is 2.46. The fourth-order valence-electron chi connectivity index (χ4n) is 1.34. The maximum Gasteiger partial charge on any atom is 0.404 e. The van der Waals surface area contributed by atoms with E-state index in [1.165, 1.54) is 0 Å². The van der Waals surface area contributed by atoms with E-state index in [4.69, 9.17) is 5.84 Å². The molecule has 96 valence electrons. The molecule has 0 radical (unpaired) electrons. The Kier molecular flexibility index (Phi) is 3.56. The van der Waals surface area contributed by atoms with Crippen LogP contribution < -0.4 is 11.3 Å². The lowest BCUT2D eigenvalue weighted by atomic mass is 9.98. The summed E-state index contributed by atoms with van der Waals surface area (Å²) in [5.74, 6) is 1.47. The predicted octanol–water partition coefficient (Wildman–Crippen LogP) is 3.18. The van der Waals surface area contributed by atoms with Crippen molar-refractivity contribution in [2.75, 3.05) is 5.43 Å². The smallest absolute Gasteiger partial charge is 0.324 e. The van der Waals surface area contributed by atoms with Gasteiger partial charge in [0.05, 0.1) is 0 Å². The van der Waals surface area contributed by atoms with Gasteiger partial charge < -0.3 is 5.43 Å². The molecular weight excluding hydrogens is 250 g/mol. The van der Waals surface area contributed by atoms with Gasteiger partial charge in [0, 0.05) is 5.69 Å². The van der Waals surface area contributed by atoms with Crippen molar-refractivity contribution in [1.82, 2.24) is 0 Å². The molecule has 0 aromatic heterocycles. The number of hydrogen-bond acceptors (Lipinski definition) is 2. The summed E-state index contributed by atoms with van der Waals surface area (Å²) < 4.78 is 73.9. The van der Waals surface area contributed by atoms with Gasteiger partial charge in [0.25, 0.3) is 0 Å². The second kappa shape index (κ2) is 4.44. The number of anilines is 1. The molecular formula is C9H8F6N2. The molecule has 8 heteroatoms.